The molecular weight excluding hydrogens is 373 g/mol. The molecule has 0 radical (unpaired) electrons. The van der Waals surface area contributed by atoms with Gasteiger partial charge < -0.3 is 10.0 Å². The summed E-state index contributed by atoms with van der Waals surface area (Å²) in [5.41, 5.74) is -3.32. The summed E-state index contributed by atoms with van der Waals surface area (Å²) in [5, 5.41) is 10.8. The van der Waals surface area contributed by atoms with E-state index < -0.39 is 35.7 Å². The SMILES string of the molecule is CN1C(=O)N(C)[C@](O)(C(F)(F)F)[C@H](C(=O)c2ccccc2)[C@@H]1c1ccccc1. The highest BCUT2D eigenvalue weighted by Crippen LogP contribution is 2.50. The van der Waals surface area contributed by atoms with Gasteiger partial charge in [-0.2, -0.15) is 13.2 Å². The van der Waals surface area contributed by atoms with Crippen LogP contribution in [0.3, 0.4) is 0 Å². The second-order valence-corrected chi connectivity index (χ2v) is 6.74. The molecule has 5 nitrogen and oxygen atoms in total. The molecule has 1 fully saturated rings. The highest BCUT2D eigenvalue weighted by Gasteiger charge is 2.70. The molecule has 1 N–H and O–H groups in total. The van der Waals surface area contributed by atoms with Gasteiger partial charge in [-0.3, -0.25) is 9.69 Å². The van der Waals surface area contributed by atoms with Gasteiger partial charge in [-0.15, -0.1) is 0 Å². The van der Waals surface area contributed by atoms with Gasteiger partial charge >= 0.3 is 12.2 Å². The van der Waals surface area contributed by atoms with Gasteiger partial charge in [0.1, 0.15) is 5.92 Å². The number of aliphatic hydroxyl groups is 1. The zero-order valence-electron chi connectivity index (χ0n) is 15.2. The first-order chi connectivity index (χ1) is 13.1. The predicted molar refractivity (Wildman–Crippen MR) is 95.4 cm³/mol. The number of carbonyl (C=O) groups is 2. The molecule has 2 amide bonds. The molecule has 0 unspecified atom stereocenters. The number of rotatable bonds is 3. The Labute approximate surface area is 160 Å². The monoisotopic (exact) mass is 392 g/mol. The highest BCUT2D eigenvalue weighted by atomic mass is 19.4. The van der Waals surface area contributed by atoms with Crippen LogP contribution in [0.15, 0.2) is 60.7 Å². The largest absolute Gasteiger partial charge is 0.437 e. The Morgan fingerprint density at radius 3 is 2.00 bits per heavy atom. The number of Topliss-reactive ketones (excluding diaryl/α,β-unsaturated/α-hetero) is 1. The maximum Gasteiger partial charge on any atom is 0.437 e. The van der Waals surface area contributed by atoms with Crippen LogP contribution in [0.2, 0.25) is 0 Å². The molecule has 0 spiro atoms. The average Bonchev–Trinajstić information content (AvgIpc) is 2.69. The first-order valence-corrected chi connectivity index (χ1v) is 8.54. The van der Waals surface area contributed by atoms with Crippen LogP contribution in [-0.2, 0) is 0 Å². The number of hydrogen-bond donors (Lipinski definition) is 1. The molecule has 1 aliphatic rings. The number of urea groups is 1. The minimum absolute atomic E-state index is 0.0206. The third-order valence-electron chi connectivity index (χ3n) is 5.17. The lowest BCUT2D eigenvalue weighted by Gasteiger charge is -2.53. The molecule has 148 valence electrons. The van der Waals surface area contributed by atoms with Crippen LogP contribution in [0, 0.1) is 5.92 Å². The summed E-state index contributed by atoms with van der Waals surface area (Å²) in [6, 6.07) is 13.0. The van der Waals surface area contributed by atoms with Gasteiger partial charge in [-0.25, -0.2) is 4.79 Å². The molecule has 1 saturated heterocycles. The highest BCUT2D eigenvalue weighted by molar-refractivity contribution is 6.00. The van der Waals surface area contributed by atoms with E-state index in [-0.39, 0.29) is 10.5 Å². The van der Waals surface area contributed by atoms with E-state index in [1.54, 1.807) is 24.3 Å². The molecule has 28 heavy (non-hydrogen) atoms. The summed E-state index contributed by atoms with van der Waals surface area (Å²) < 4.78 is 42.2. The van der Waals surface area contributed by atoms with Crippen molar-refractivity contribution in [2.75, 3.05) is 14.1 Å². The molecule has 1 aliphatic heterocycles. The molecule has 3 atom stereocenters. The van der Waals surface area contributed by atoms with Gasteiger partial charge in [-0.05, 0) is 5.56 Å². The second kappa shape index (κ2) is 6.94. The van der Waals surface area contributed by atoms with Crippen molar-refractivity contribution < 1.29 is 27.9 Å². The van der Waals surface area contributed by atoms with Crippen molar-refractivity contribution in [3.8, 4) is 0 Å². The second-order valence-electron chi connectivity index (χ2n) is 6.74. The Morgan fingerprint density at radius 1 is 1.00 bits per heavy atom. The van der Waals surface area contributed by atoms with Gasteiger partial charge in [0.15, 0.2) is 5.78 Å². The molecule has 0 saturated carbocycles. The molecule has 0 aliphatic carbocycles. The number of benzene rings is 2. The number of carbonyl (C=O) groups excluding carboxylic acids is 2. The zero-order chi connectivity index (χ0) is 20.7. The first-order valence-electron chi connectivity index (χ1n) is 8.54. The fourth-order valence-corrected chi connectivity index (χ4v) is 3.69. The summed E-state index contributed by atoms with van der Waals surface area (Å²) in [6.45, 7) is 0. The molecule has 8 heteroatoms. The lowest BCUT2D eigenvalue weighted by atomic mass is 9.76. The zero-order valence-corrected chi connectivity index (χ0v) is 15.2. The summed E-state index contributed by atoms with van der Waals surface area (Å²) >= 11 is 0. The quantitative estimate of drug-likeness (QED) is 0.814. The van der Waals surface area contributed by atoms with Gasteiger partial charge in [-0.1, -0.05) is 60.7 Å². The lowest BCUT2D eigenvalue weighted by molar-refractivity contribution is -0.328. The van der Waals surface area contributed by atoms with E-state index in [0.717, 1.165) is 11.9 Å². The molecule has 2 aromatic carbocycles. The fourth-order valence-electron chi connectivity index (χ4n) is 3.69. The lowest BCUT2D eigenvalue weighted by Crippen LogP contribution is -2.73. The Hall–Kier alpha value is -2.87. The molecule has 3 rings (SSSR count). The standard InChI is InChI=1S/C20H19F3N2O3/c1-24-16(13-9-5-3-6-10-13)15(17(26)14-11-7-4-8-12-14)19(28,20(21,22)23)25(2)18(24)27/h3-12,15-16,28H,1-2H3/t15-,16-,19+/m0/s1. The van der Waals surface area contributed by atoms with Crippen molar-refractivity contribution in [3.63, 3.8) is 0 Å². The molecular formula is C20H19F3N2O3. The van der Waals surface area contributed by atoms with Crippen LogP contribution in [0.25, 0.3) is 0 Å². The van der Waals surface area contributed by atoms with Crippen molar-refractivity contribution in [2.24, 2.45) is 5.92 Å². The number of alkyl halides is 3. The number of amides is 2. The summed E-state index contributed by atoms with van der Waals surface area (Å²) in [4.78, 5) is 27.0. The van der Waals surface area contributed by atoms with E-state index >= 15 is 0 Å². The minimum atomic E-state index is -5.25. The van der Waals surface area contributed by atoms with Crippen LogP contribution in [0.1, 0.15) is 22.0 Å². The van der Waals surface area contributed by atoms with Gasteiger partial charge in [0.05, 0.1) is 6.04 Å². The van der Waals surface area contributed by atoms with Crippen LogP contribution in [-0.4, -0.2) is 52.7 Å². The van der Waals surface area contributed by atoms with E-state index in [4.69, 9.17) is 0 Å². The van der Waals surface area contributed by atoms with E-state index in [0.29, 0.717) is 5.56 Å². The summed E-state index contributed by atoms with van der Waals surface area (Å²) in [6.07, 6.45) is -5.25. The van der Waals surface area contributed by atoms with E-state index in [1.165, 1.54) is 43.4 Å². The van der Waals surface area contributed by atoms with Crippen LogP contribution in [0.4, 0.5) is 18.0 Å². The number of ketones is 1. The van der Waals surface area contributed by atoms with E-state index in [1.807, 2.05) is 0 Å². The third kappa shape index (κ3) is 2.93. The van der Waals surface area contributed by atoms with E-state index in [9.17, 15) is 27.9 Å². The first kappa shape index (κ1) is 19.9. The number of hydrogen-bond acceptors (Lipinski definition) is 3. The van der Waals surface area contributed by atoms with Crippen molar-refractivity contribution in [1.29, 1.82) is 0 Å². The average molecular weight is 392 g/mol. The summed E-state index contributed by atoms with van der Waals surface area (Å²) in [7, 11) is 2.16. The van der Waals surface area contributed by atoms with Crippen LogP contribution < -0.4 is 0 Å². The van der Waals surface area contributed by atoms with Crippen molar-refractivity contribution >= 4 is 11.8 Å². The predicted octanol–water partition coefficient (Wildman–Crippen LogP) is 3.47. The van der Waals surface area contributed by atoms with Crippen molar-refractivity contribution in [2.45, 2.75) is 17.9 Å². The molecule has 2 aromatic rings. The molecule has 1 heterocycles. The molecule has 0 bridgehead atoms. The fraction of sp³-hybridized carbons (Fsp3) is 0.300. The Kier molecular flexibility index (Phi) is 4.93. The van der Waals surface area contributed by atoms with Gasteiger partial charge in [0.2, 0.25) is 0 Å². The summed E-state index contributed by atoms with van der Waals surface area (Å²) in [5.74, 6) is -2.88. The normalized spacial score (nSPS) is 25.7. The maximum absolute atomic E-state index is 14.1. The smallest absolute Gasteiger partial charge is 0.363 e. The van der Waals surface area contributed by atoms with Crippen LogP contribution in [0.5, 0.6) is 0 Å². The van der Waals surface area contributed by atoms with Gasteiger partial charge in [0, 0.05) is 19.7 Å². The number of nitrogens with zero attached hydrogens (tertiary/aromatic N) is 2. The Morgan fingerprint density at radius 2 is 1.50 bits per heavy atom. The van der Waals surface area contributed by atoms with Crippen molar-refractivity contribution in [3.05, 3.63) is 71.8 Å². The third-order valence-corrected chi connectivity index (χ3v) is 5.17. The topological polar surface area (TPSA) is 60.9 Å². The van der Waals surface area contributed by atoms with E-state index in [2.05, 4.69) is 0 Å². The van der Waals surface area contributed by atoms with Crippen LogP contribution >= 0.6 is 0 Å². The Balaban J connectivity index is 2.26. The Bertz CT molecular complexity index is 873. The maximum atomic E-state index is 14.1. The number of halogens is 3. The van der Waals surface area contributed by atoms with Gasteiger partial charge in [0.25, 0.3) is 5.72 Å². The molecule has 0 aromatic heterocycles. The van der Waals surface area contributed by atoms with Crippen molar-refractivity contribution in [1.82, 2.24) is 9.80 Å². The minimum Gasteiger partial charge on any atom is -0.363 e.